The largest absolute Gasteiger partial charge is 0.391 e. The second-order valence-corrected chi connectivity index (χ2v) is 5.04. The fourth-order valence-electron chi connectivity index (χ4n) is 1.58. The fourth-order valence-corrected chi connectivity index (χ4v) is 1.98. The molecule has 1 aromatic rings. The summed E-state index contributed by atoms with van der Waals surface area (Å²) in [5.41, 5.74) is 0.609. The van der Waals surface area contributed by atoms with E-state index in [4.69, 9.17) is 0 Å². The molecule has 1 aliphatic carbocycles. The maximum atomic E-state index is 11.7. The van der Waals surface area contributed by atoms with Crippen molar-refractivity contribution in [2.24, 2.45) is 5.92 Å². The summed E-state index contributed by atoms with van der Waals surface area (Å²) in [7, 11) is 0. The van der Waals surface area contributed by atoms with E-state index < -0.39 is 6.10 Å². The molecule has 1 aliphatic rings. The number of benzene rings is 1. The topological polar surface area (TPSA) is 49.3 Å². The normalized spacial score (nSPS) is 16.9. The molecule has 1 atom stereocenters. The molecule has 1 amide bonds. The molecule has 0 spiro atoms. The third-order valence-electron chi connectivity index (χ3n) is 2.72. The molecule has 0 aromatic heterocycles. The lowest BCUT2D eigenvalue weighted by atomic mass is 10.2. The Morgan fingerprint density at radius 1 is 1.56 bits per heavy atom. The van der Waals surface area contributed by atoms with Gasteiger partial charge in [-0.25, -0.2) is 0 Å². The number of carbonyl (C=O) groups is 1. The van der Waals surface area contributed by atoms with Gasteiger partial charge in [0.05, 0.1) is 6.10 Å². The van der Waals surface area contributed by atoms with Crippen molar-refractivity contribution in [3.05, 3.63) is 34.3 Å². The van der Waals surface area contributed by atoms with Gasteiger partial charge in [-0.3, -0.25) is 4.79 Å². The van der Waals surface area contributed by atoms with Gasteiger partial charge in [0.25, 0.3) is 5.91 Å². The van der Waals surface area contributed by atoms with Crippen LogP contribution in [0.4, 0.5) is 0 Å². The third kappa shape index (κ3) is 3.06. The standard InChI is InChI=1S/C12H14BrNO2/c13-10-3-1-2-9(6-10)12(16)14-7-11(15)8-4-5-8/h1-3,6,8,11,15H,4-5,7H2,(H,14,16). The van der Waals surface area contributed by atoms with Crippen molar-refractivity contribution >= 4 is 21.8 Å². The summed E-state index contributed by atoms with van der Waals surface area (Å²) in [4.78, 5) is 11.7. The van der Waals surface area contributed by atoms with E-state index in [0.717, 1.165) is 17.3 Å². The molecule has 1 aromatic carbocycles. The number of hydrogen-bond acceptors (Lipinski definition) is 2. The Hall–Kier alpha value is -0.870. The van der Waals surface area contributed by atoms with Crippen LogP contribution in [0, 0.1) is 5.92 Å². The van der Waals surface area contributed by atoms with E-state index in [0.29, 0.717) is 18.0 Å². The van der Waals surface area contributed by atoms with Gasteiger partial charge in [0, 0.05) is 16.6 Å². The van der Waals surface area contributed by atoms with Crippen molar-refractivity contribution in [1.29, 1.82) is 0 Å². The number of rotatable bonds is 4. The van der Waals surface area contributed by atoms with Gasteiger partial charge in [0.15, 0.2) is 0 Å². The van der Waals surface area contributed by atoms with Crippen LogP contribution in [0.1, 0.15) is 23.2 Å². The summed E-state index contributed by atoms with van der Waals surface area (Å²) in [6.45, 7) is 0.343. The SMILES string of the molecule is O=C(NCC(O)C1CC1)c1cccc(Br)c1. The van der Waals surface area contributed by atoms with Crippen molar-refractivity contribution in [2.75, 3.05) is 6.54 Å². The highest BCUT2D eigenvalue weighted by molar-refractivity contribution is 9.10. The minimum Gasteiger partial charge on any atom is -0.391 e. The first-order valence-corrected chi connectivity index (χ1v) is 6.18. The second kappa shape index (κ2) is 4.97. The van der Waals surface area contributed by atoms with Crippen molar-refractivity contribution in [2.45, 2.75) is 18.9 Å². The molecule has 3 nitrogen and oxygen atoms in total. The van der Waals surface area contributed by atoms with Crippen LogP contribution in [-0.2, 0) is 0 Å². The summed E-state index contributed by atoms with van der Waals surface area (Å²) in [5, 5.41) is 12.4. The van der Waals surface area contributed by atoms with Gasteiger partial charge in [-0.15, -0.1) is 0 Å². The first-order chi connectivity index (χ1) is 7.66. The molecule has 16 heavy (non-hydrogen) atoms. The summed E-state index contributed by atoms with van der Waals surface area (Å²) in [6, 6.07) is 7.20. The van der Waals surface area contributed by atoms with E-state index in [2.05, 4.69) is 21.2 Å². The highest BCUT2D eigenvalue weighted by Crippen LogP contribution is 2.32. The van der Waals surface area contributed by atoms with Gasteiger partial charge >= 0.3 is 0 Å². The molecule has 0 radical (unpaired) electrons. The second-order valence-electron chi connectivity index (χ2n) is 4.13. The molecule has 2 rings (SSSR count). The van der Waals surface area contributed by atoms with Crippen LogP contribution in [0.15, 0.2) is 28.7 Å². The van der Waals surface area contributed by atoms with Gasteiger partial charge in [-0.05, 0) is 37.0 Å². The molecule has 1 unspecified atom stereocenters. The molecular formula is C12H14BrNO2. The molecule has 86 valence electrons. The van der Waals surface area contributed by atoms with Crippen LogP contribution in [0.25, 0.3) is 0 Å². The minimum absolute atomic E-state index is 0.138. The molecule has 1 saturated carbocycles. The predicted octanol–water partition coefficient (Wildman–Crippen LogP) is 1.95. The lowest BCUT2D eigenvalue weighted by molar-refractivity contribution is 0.0901. The highest BCUT2D eigenvalue weighted by Gasteiger charge is 2.29. The van der Waals surface area contributed by atoms with Crippen LogP contribution < -0.4 is 5.32 Å². The van der Waals surface area contributed by atoms with E-state index >= 15 is 0 Å². The molecule has 4 heteroatoms. The average Bonchev–Trinajstić information content (AvgIpc) is 3.09. The number of aliphatic hydroxyl groups is 1. The maximum Gasteiger partial charge on any atom is 0.251 e. The number of hydrogen-bond donors (Lipinski definition) is 2. The van der Waals surface area contributed by atoms with E-state index in [1.807, 2.05) is 12.1 Å². The van der Waals surface area contributed by atoms with Gasteiger partial charge < -0.3 is 10.4 Å². The van der Waals surface area contributed by atoms with Crippen LogP contribution >= 0.6 is 15.9 Å². The van der Waals surface area contributed by atoms with Crippen LogP contribution in [0.5, 0.6) is 0 Å². The monoisotopic (exact) mass is 283 g/mol. The zero-order valence-corrected chi connectivity index (χ0v) is 10.4. The first-order valence-electron chi connectivity index (χ1n) is 5.38. The number of halogens is 1. The quantitative estimate of drug-likeness (QED) is 0.888. The third-order valence-corrected chi connectivity index (χ3v) is 3.22. The Labute approximate surface area is 103 Å². The van der Waals surface area contributed by atoms with Crippen molar-refractivity contribution in [3.8, 4) is 0 Å². The van der Waals surface area contributed by atoms with E-state index in [1.165, 1.54) is 0 Å². The van der Waals surface area contributed by atoms with Crippen LogP contribution in [0.3, 0.4) is 0 Å². The fraction of sp³-hybridized carbons (Fsp3) is 0.417. The molecule has 2 N–H and O–H groups in total. The first kappa shape index (κ1) is 11.6. The lowest BCUT2D eigenvalue weighted by Crippen LogP contribution is -2.33. The number of nitrogens with one attached hydrogen (secondary N) is 1. The molecule has 1 fully saturated rings. The Bertz CT molecular complexity index is 390. The predicted molar refractivity (Wildman–Crippen MR) is 65.2 cm³/mol. The summed E-state index contributed by atoms with van der Waals surface area (Å²) in [5.74, 6) is 0.254. The van der Waals surface area contributed by atoms with Gasteiger partial charge in [-0.1, -0.05) is 22.0 Å². The Morgan fingerprint density at radius 3 is 2.94 bits per heavy atom. The Kier molecular flexibility index (Phi) is 3.61. The van der Waals surface area contributed by atoms with Crippen molar-refractivity contribution in [1.82, 2.24) is 5.32 Å². The number of amides is 1. The lowest BCUT2D eigenvalue weighted by Gasteiger charge is -2.10. The van der Waals surface area contributed by atoms with Gasteiger partial charge in [0.2, 0.25) is 0 Å². The number of carbonyl (C=O) groups excluding carboxylic acids is 1. The summed E-state index contributed by atoms with van der Waals surface area (Å²) >= 11 is 3.31. The van der Waals surface area contributed by atoms with E-state index in [1.54, 1.807) is 12.1 Å². The molecule has 0 aliphatic heterocycles. The van der Waals surface area contributed by atoms with Crippen molar-refractivity contribution < 1.29 is 9.90 Å². The van der Waals surface area contributed by atoms with E-state index in [9.17, 15) is 9.90 Å². The van der Waals surface area contributed by atoms with E-state index in [-0.39, 0.29) is 5.91 Å². The minimum atomic E-state index is -0.392. The zero-order valence-electron chi connectivity index (χ0n) is 8.82. The van der Waals surface area contributed by atoms with Crippen LogP contribution in [-0.4, -0.2) is 23.7 Å². The summed E-state index contributed by atoms with van der Waals surface area (Å²) in [6.07, 6.45) is 1.76. The molecule has 0 bridgehead atoms. The average molecular weight is 284 g/mol. The van der Waals surface area contributed by atoms with Crippen molar-refractivity contribution in [3.63, 3.8) is 0 Å². The van der Waals surface area contributed by atoms with Gasteiger partial charge in [0.1, 0.15) is 0 Å². The zero-order chi connectivity index (χ0) is 11.5. The highest BCUT2D eigenvalue weighted by atomic mass is 79.9. The molecule has 0 saturated heterocycles. The Morgan fingerprint density at radius 2 is 2.31 bits per heavy atom. The maximum absolute atomic E-state index is 11.7. The molecule has 0 heterocycles. The summed E-state index contributed by atoms with van der Waals surface area (Å²) < 4.78 is 0.878. The number of aliphatic hydroxyl groups excluding tert-OH is 1. The van der Waals surface area contributed by atoms with Gasteiger partial charge in [-0.2, -0.15) is 0 Å². The smallest absolute Gasteiger partial charge is 0.251 e. The Balaban J connectivity index is 1.87. The molecular weight excluding hydrogens is 270 g/mol. The van der Waals surface area contributed by atoms with Crippen LogP contribution in [0.2, 0.25) is 0 Å².